The summed E-state index contributed by atoms with van der Waals surface area (Å²) in [5.41, 5.74) is 9.09. The number of hydrogen-bond acceptors (Lipinski definition) is 2. The first-order chi connectivity index (χ1) is 9.47. The maximum absolute atomic E-state index is 13.4. The quantitative estimate of drug-likeness (QED) is 0.873. The summed E-state index contributed by atoms with van der Waals surface area (Å²) in [7, 11) is 0. The van der Waals surface area contributed by atoms with Gasteiger partial charge in [-0.15, -0.1) is 0 Å². The minimum atomic E-state index is -0.261. The van der Waals surface area contributed by atoms with E-state index in [0.29, 0.717) is 22.9 Å². The van der Waals surface area contributed by atoms with E-state index in [2.05, 4.69) is 0 Å². The Balaban J connectivity index is 2.10. The standard InChI is InChI=1S/C16H16FNOS/c1-10-3-6-14(8-15(10)17)19-9-13-5-4-12(16(18)20)7-11(13)2/h3-8H,9H2,1-2H3,(H2,18,20). The average Bonchev–Trinajstić information content (AvgIpc) is 2.41. The molecular formula is C16H16FNOS. The van der Waals surface area contributed by atoms with E-state index in [9.17, 15) is 4.39 Å². The van der Waals surface area contributed by atoms with E-state index in [1.807, 2.05) is 25.1 Å². The second-order valence-corrected chi connectivity index (χ2v) is 5.15. The van der Waals surface area contributed by atoms with E-state index in [1.54, 1.807) is 19.1 Å². The second kappa shape index (κ2) is 6.01. The van der Waals surface area contributed by atoms with Gasteiger partial charge in [-0.25, -0.2) is 4.39 Å². The van der Waals surface area contributed by atoms with Gasteiger partial charge in [-0.1, -0.05) is 30.4 Å². The van der Waals surface area contributed by atoms with Gasteiger partial charge in [0, 0.05) is 11.6 Å². The largest absolute Gasteiger partial charge is 0.489 e. The molecule has 2 aromatic carbocycles. The van der Waals surface area contributed by atoms with Crippen molar-refractivity contribution in [2.75, 3.05) is 0 Å². The van der Waals surface area contributed by atoms with Crippen LogP contribution in [0, 0.1) is 19.7 Å². The van der Waals surface area contributed by atoms with Crippen LogP contribution in [0.15, 0.2) is 36.4 Å². The van der Waals surface area contributed by atoms with E-state index >= 15 is 0 Å². The molecular weight excluding hydrogens is 273 g/mol. The van der Waals surface area contributed by atoms with Gasteiger partial charge in [-0.2, -0.15) is 0 Å². The number of thiocarbonyl (C=S) groups is 1. The Bertz CT molecular complexity index is 655. The van der Waals surface area contributed by atoms with Crippen molar-refractivity contribution < 1.29 is 9.13 Å². The third-order valence-corrected chi connectivity index (χ3v) is 3.40. The van der Waals surface area contributed by atoms with Crippen LogP contribution in [0.2, 0.25) is 0 Å². The van der Waals surface area contributed by atoms with Crippen molar-refractivity contribution in [1.29, 1.82) is 0 Å². The highest BCUT2D eigenvalue weighted by Gasteiger charge is 2.04. The summed E-state index contributed by atoms with van der Waals surface area (Å²) < 4.78 is 19.0. The van der Waals surface area contributed by atoms with Crippen LogP contribution in [0.25, 0.3) is 0 Å². The Kier molecular flexibility index (Phi) is 4.35. The molecule has 2 N–H and O–H groups in total. The van der Waals surface area contributed by atoms with Gasteiger partial charge < -0.3 is 10.5 Å². The van der Waals surface area contributed by atoms with Crippen LogP contribution in [0.4, 0.5) is 4.39 Å². The first kappa shape index (κ1) is 14.5. The summed E-state index contributed by atoms with van der Waals surface area (Å²) in [6.07, 6.45) is 0. The van der Waals surface area contributed by atoms with Crippen LogP contribution in [0.3, 0.4) is 0 Å². The molecule has 4 heteroatoms. The molecule has 0 saturated heterocycles. The molecule has 2 aromatic rings. The number of hydrogen-bond donors (Lipinski definition) is 1. The van der Waals surface area contributed by atoms with Gasteiger partial charge in [0.15, 0.2) is 0 Å². The van der Waals surface area contributed by atoms with Crippen LogP contribution < -0.4 is 10.5 Å². The third kappa shape index (κ3) is 3.33. The summed E-state index contributed by atoms with van der Waals surface area (Å²) in [5, 5.41) is 0. The molecule has 104 valence electrons. The van der Waals surface area contributed by atoms with Crippen molar-refractivity contribution in [3.8, 4) is 5.75 Å². The minimum absolute atomic E-state index is 0.261. The zero-order valence-corrected chi connectivity index (χ0v) is 12.3. The molecule has 0 aliphatic carbocycles. The number of halogens is 1. The van der Waals surface area contributed by atoms with Gasteiger partial charge in [0.2, 0.25) is 0 Å². The van der Waals surface area contributed by atoms with Crippen LogP contribution >= 0.6 is 12.2 Å². The second-order valence-electron chi connectivity index (χ2n) is 4.71. The van der Waals surface area contributed by atoms with Crippen molar-refractivity contribution in [1.82, 2.24) is 0 Å². The SMILES string of the molecule is Cc1ccc(OCc2ccc(C(N)=S)cc2C)cc1F. The lowest BCUT2D eigenvalue weighted by Gasteiger charge is -2.10. The van der Waals surface area contributed by atoms with Gasteiger partial charge in [0.1, 0.15) is 23.2 Å². The third-order valence-electron chi connectivity index (χ3n) is 3.16. The lowest BCUT2D eigenvalue weighted by molar-refractivity contribution is 0.303. The molecule has 0 aliphatic heterocycles. The molecule has 0 aliphatic rings. The monoisotopic (exact) mass is 289 g/mol. The highest BCUT2D eigenvalue weighted by molar-refractivity contribution is 7.80. The molecule has 0 atom stereocenters. The molecule has 0 unspecified atom stereocenters. The van der Waals surface area contributed by atoms with Crippen LogP contribution in [-0.2, 0) is 6.61 Å². The zero-order chi connectivity index (χ0) is 14.7. The Labute approximate surface area is 123 Å². The fraction of sp³-hybridized carbons (Fsp3) is 0.188. The summed E-state index contributed by atoms with van der Waals surface area (Å²) in [5.74, 6) is 0.258. The van der Waals surface area contributed by atoms with Crippen molar-refractivity contribution in [3.05, 3.63) is 64.5 Å². The van der Waals surface area contributed by atoms with E-state index < -0.39 is 0 Å². The molecule has 0 spiro atoms. The van der Waals surface area contributed by atoms with Gasteiger partial charge >= 0.3 is 0 Å². The molecule has 20 heavy (non-hydrogen) atoms. The topological polar surface area (TPSA) is 35.2 Å². The molecule has 0 bridgehead atoms. The highest BCUT2D eigenvalue weighted by atomic mass is 32.1. The molecule has 2 rings (SSSR count). The van der Waals surface area contributed by atoms with E-state index in [-0.39, 0.29) is 5.82 Å². The fourth-order valence-electron chi connectivity index (χ4n) is 1.84. The minimum Gasteiger partial charge on any atom is -0.489 e. The van der Waals surface area contributed by atoms with E-state index in [0.717, 1.165) is 16.7 Å². The highest BCUT2D eigenvalue weighted by Crippen LogP contribution is 2.19. The average molecular weight is 289 g/mol. The number of rotatable bonds is 4. The molecule has 0 heterocycles. The van der Waals surface area contributed by atoms with Crippen molar-refractivity contribution in [2.24, 2.45) is 5.73 Å². The fourth-order valence-corrected chi connectivity index (χ4v) is 1.96. The Morgan fingerprint density at radius 2 is 1.90 bits per heavy atom. The van der Waals surface area contributed by atoms with Crippen LogP contribution in [-0.4, -0.2) is 4.99 Å². The first-order valence-electron chi connectivity index (χ1n) is 6.25. The number of benzene rings is 2. The van der Waals surface area contributed by atoms with Crippen LogP contribution in [0.5, 0.6) is 5.75 Å². The smallest absolute Gasteiger partial charge is 0.129 e. The Hall–Kier alpha value is -1.94. The molecule has 0 fully saturated rings. The molecule has 0 aromatic heterocycles. The van der Waals surface area contributed by atoms with Crippen molar-refractivity contribution in [3.63, 3.8) is 0 Å². The molecule has 2 nitrogen and oxygen atoms in total. The lowest BCUT2D eigenvalue weighted by Crippen LogP contribution is -2.10. The van der Waals surface area contributed by atoms with Gasteiger partial charge in [-0.05, 0) is 42.7 Å². The predicted octanol–water partition coefficient (Wildman–Crippen LogP) is 3.66. The zero-order valence-electron chi connectivity index (χ0n) is 11.4. The summed E-state index contributed by atoms with van der Waals surface area (Å²) in [6, 6.07) is 10.6. The summed E-state index contributed by atoms with van der Waals surface area (Å²) >= 11 is 4.94. The predicted molar refractivity (Wildman–Crippen MR) is 82.5 cm³/mol. The normalized spacial score (nSPS) is 10.3. The summed E-state index contributed by atoms with van der Waals surface area (Å²) in [4.78, 5) is 0.376. The number of aryl methyl sites for hydroxylation is 2. The van der Waals surface area contributed by atoms with Crippen molar-refractivity contribution in [2.45, 2.75) is 20.5 Å². The molecule has 0 radical (unpaired) electrons. The van der Waals surface area contributed by atoms with Gasteiger partial charge in [0.25, 0.3) is 0 Å². The van der Waals surface area contributed by atoms with Gasteiger partial charge in [-0.3, -0.25) is 0 Å². The molecule has 0 saturated carbocycles. The Morgan fingerprint density at radius 3 is 2.50 bits per heavy atom. The maximum Gasteiger partial charge on any atom is 0.129 e. The van der Waals surface area contributed by atoms with E-state index in [1.165, 1.54) is 6.07 Å². The van der Waals surface area contributed by atoms with E-state index in [4.69, 9.17) is 22.7 Å². The number of nitrogens with two attached hydrogens (primary N) is 1. The van der Waals surface area contributed by atoms with Crippen LogP contribution in [0.1, 0.15) is 22.3 Å². The number of ether oxygens (including phenoxy) is 1. The molecule has 0 amide bonds. The maximum atomic E-state index is 13.4. The van der Waals surface area contributed by atoms with Gasteiger partial charge in [0.05, 0.1) is 0 Å². The first-order valence-corrected chi connectivity index (χ1v) is 6.66. The Morgan fingerprint density at radius 1 is 1.15 bits per heavy atom. The summed E-state index contributed by atoms with van der Waals surface area (Å²) in [6.45, 7) is 4.07. The lowest BCUT2D eigenvalue weighted by atomic mass is 10.1. The van der Waals surface area contributed by atoms with Crippen molar-refractivity contribution >= 4 is 17.2 Å².